The van der Waals surface area contributed by atoms with Crippen LogP contribution >= 0.6 is 0 Å². The fourth-order valence-corrected chi connectivity index (χ4v) is 4.72. The highest BCUT2D eigenvalue weighted by molar-refractivity contribution is 5.79. The summed E-state index contributed by atoms with van der Waals surface area (Å²) in [5.74, 6) is 0.302. The Labute approximate surface area is 169 Å². The van der Waals surface area contributed by atoms with E-state index < -0.39 is 0 Å². The fourth-order valence-electron chi connectivity index (χ4n) is 4.72. The number of pyridine rings is 1. The van der Waals surface area contributed by atoms with Crippen molar-refractivity contribution in [2.24, 2.45) is 7.05 Å². The highest BCUT2D eigenvalue weighted by atomic mass is 16.5. The largest absolute Gasteiger partial charge is 0.368 e. The van der Waals surface area contributed by atoms with Crippen molar-refractivity contribution in [3.63, 3.8) is 0 Å². The van der Waals surface area contributed by atoms with Crippen molar-refractivity contribution in [2.45, 2.75) is 31.4 Å². The van der Waals surface area contributed by atoms with Gasteiger partial charge in [-0.1, -0.05) is 18.2 Å². The van der Waals surface area contributed by atoms with E-state index in [-0.39, 0.29) is 11.2 Å². The maximum Gasteiger partial charge on any atom is 0.255 e. The lowest BCUT2D eigenvalue weighted by Crippen LogP contribution is -2.47. The number of aryl methyl sites for hydroxylation is 1. The normalized spacial score (nSPS) is 18.8. The number of likely N-dealkylation sites (tertiary alicyclic amines) is 1. The lowest BCUT2D eigenvalue weighted by molar-refractivity contribution is -0.102. The minimum absolute atomic E-state index is 0.0729. The number of hydrogen-bond acceptors (Lipinski definition) is 6. The van der Waals surface area contributed by atoms with Crippen LogP contribution in [0.1, 0.15) is 29.7 Å². The van der Waals surface area contributed by atoms with Gasteiger partial charge >= 0.3 is 0 Å². The molecule has 7 nitrogen and oxygen atoms in total. The van der Waals surface area contributed by atoms with Gasteiger partial charge in [0.05, 0.1) is 17.8 Å². The second kappa shape index (κ2) is 6.93. The van der Waals surface area contributed by atoms with Crippen molar-refractivity contribution >= 4 is 16.9 Å². The number of fused-ring (bicyclic) bond motifs is 3. The van der Waals surface area contributed by atoms with Gasteiger partial charge in [-0.3, -0.25) is 9.69 Å². The maximum atomic E-state index is 12.8. The van der Waals surface area contributed by atoms with E-state index in [1.807, 2.05) is 37.5 Å². The predicted octanol–water partition coefficient (Wildman–Crippen LogP) is 1.97. The van der Waals surface area contributed by atoms with Gasteiger partial charge in [0.1, 0.15) is 5.60 Å². The Morgan fingerprint density at radius 3 is 2.86 bits per heavy atom. The summed E-state index contributed by atoms with van der Waals surface area (Å²) in [6, 6.07) is 10.0. The Morgan fingerprint density at radius 1 is 1.24 bits per heavy atom. The quantitative estimate of drug-likeness (QED) is 0.719. The lowest BCUT2D eigenvalue weighted by atomic mass is 9.83. The zero-order chi connectivity index (χ0) is 20.0. The van der Waals surface area contributed by atoms with E-state index in [2.05, 4.69) is 20.9 Å². The first-order valence-corrected chi connectivity index (χ1v) is 10.1. The molecular weight excluding hydrogens is 366 g/mol. The highest BCUT2D eigenvalue weighted by Gasteiger charge is 2.42. The average molecular weight is 391 g/mol. The molecule has 1 fully saturated rings. The molecule has 1 saturated heterocycles. The number of ether oxygens (including phenoxy) is 1. The molecule has 4 heterocycles. The summed E-state index contributed by atoms with van der Waals surface area (Å²) in [5.41, 5.74) is 9.44. The third-order valence-corrected chi connectivity index (χ3v) is 6.33. The highest BCUT2D eigenvalue weighted by Crippen LogP contribution is 2.40. The molecule has 0 atom stereocenters. The number of nitrogens with zero attached hydrogens (tertiary/aromatic N) is 4. The molecular formula is C22H25N5O2. The Hall–Kier alpha value is -2.77. The zero-order valence-electron chi connectivity index (χ0n) is 16.6. The van der Waals surface area contributed by atoms with Crippen molar-refractivity contribution in [2.75, 3.05) is 25.4 Å². The minimum atomic E-state index is -0.379. The Bertz CT molecular complexity index is 1130. The van der Waals surface area contributed by atoms with E-state index in [0.29, 0.717) is 19.1 Å². The van der Waals surface area contributed by atoms with Gasteiger partial charge in [0.15, 0.2) is 0 Å². The van der Waals surface area contributed by atoms with E-state index in [1.54, 1.807) is 4.57 Å². The van der Waals surface area contributed by atoms with Gasteiger partial charge in [-0.25, -0.2) is 9.97 Å². The molecule has 150 valence electrons. The number of anilines is 1. The molecule has 1 aromatic carbocycles. The van der Waals surface area contributed by atoms with E-state index in [4.69, 9.17) is 10.5 Å². The Morgan fingerprint density at radius 2 is 2.03 bits per heavy atom. The standard InChI is InChI=1S/C22H25N5O2/c1-26-18-5-3-2-4-15(18)12-17(20(26)28)14-27-9-7-22(8-10-27)19-16(6-11-29-22)13-24-21(23)25-19/h2-5,12-13H,6-11,14H2,1H3,(H2,23,24,25). The second-order valence-corrected chi connectivity index (χ2v) is 8.06. The molecule has 0 aliphatic carbocycles. The number of nitrogens with two attached hydrogens (primary N) is 1. The number of hydrogen-bond donors (Lipinski definition) is 1. The molecule has 3 aromatic rings. The lowest BCUT2D eigenvalue weighted by Gasteiger charge is -2.44. The molecule has 2 aliphatic heterocycles. The first-order valence-electron chi connectivity index (χ1n) is 10.1. The molecule has 29 heavy (non-hydrogen) atoms. The van der Waals surface area contributed by atoms with Gasteiger partial charge in [0.2, 0.25) is 5.95 Å². The molecule has 0 saturated carbocycles. The summed E-state index contributed by atoms with van der Waals surface area (Å²) in [4.78, 5) is 23.8. The summed E-state index contributed by atoms with van der Waals surface area (Å²) in [6.45, 7) is 3.02. The van der Waals surface area contributed by atoms with Gasteiger partial charge in [0.25, 0.3) is 5.56 Å². The summed E-state index contributed by atoms with van der Waals surface area (Å²) < 4.78 is 7.99. The first kappa shape index (κ1) is 18.3. The van der Waals surface area contributed by atoms with Crippen LogP contribution in [0.15, 0.2) is 41.3 Å². The summed E-state index contributed by atoms with van der Waals surface area (Å²) in [5, 5.41) is 1.09. The zero-order valence-corrected chi connectivity index (χ0v) is 16.6. The second-order valence-electron chi connectivity index (χ2n) is 8.06. The number of nitrogen functional groups attached to an aromatic ring is 1. The number of aromatic nitrogens is 3. The van der Waals surface area contributed by atoms with Crippen molar-refractivity contribution in [3.05, 3.63) is 63.7 Å². The molecule has 0 unspecified atom stereocenters. The molecule has 0 radical (unpaired) electrons. The van der Waals surface area contributed by atoms with E-state index in [9.17, 15) is 4.79 Å². The Kier molecular flexibility index (Phi) is 4.37. The fraction of sp³-hybridized carbons (Fsp3) is 0.409. The van der Waals surface area contributed by atoms with Gasteiger partial charge in [-0.15, -0.1) is 0 Å². The number of piperidine rings is 1. The van der Waals surface area contributed by atoms with Gasteiger partial charge in [-0.05, 0) is 42.3 Å². The smallest absolute Gasteiger partial charge is 0.255 e. The van der Waals surface area contributed by atoms with Crippen LogP contribution in [0.3, 0.4) is 0 Å². The Balaban J connectivity index is 1.38. The monoisotopic (exact) mass is 391 g/mol. The first-order chi connectivity index (χ1) is 14.1. The van der Waals surface area contributed by atoms with Crippen molar-refractivity contribution in [3.8, 4) is 0 Å². The van der Waals surface area contributed by atoms with Gasteiger partial charge in [0, 0.05) is 38.4 Å². The van der Waals surface area contributed by atoms with E-state index in [1.165, 1.54) is 0 Å². The van der Waals surface area contributed by atoms with Gasteiger partial charge in [-0.2, -0.15) is 0 Å². The average Bonchev–Trinajstić information content (AvgIpc) is 2.74. The molecule has 2 N–H and O–H groups in total. The van der Waals surface area contributed by atoms with Crippen LogP contribution in [-0.2, 0) is 30.4 Å². The third kappa shape index (κ3) is 3.10. The van der Waals surface area contributed by atoms with Crippen LogP contribution in [-0.4, -0.2) is 39.1 Å². The molecule has 1 spiro atoms. The maximum absolute atomic E-state index is 12.8. The van der Waals surface area contributed by atoms with Crippen LogP contribution in [0.25, 0.3) is 10.9 Å². The molecule has 2 aliphatic rings. The SMILES string of the molecule is Cn1c(=O)c(CN2CCC3(CC2)OCCc2cnc(N)nc23)cc2ccccc21. The molecule has 7 heteroatoms. The molecule has 2 aromatic heterocycles. The molecule has 5 rings (SSSR count). The van der Waals surface area contributed by atoms with Crippen molar-refractivity contribution in [1.29, 1.82) is 0 Å². The summed E-state index contributed by atoms with van der Waals surface area (Å²) in [6.07, 6.45) is 4.34. The number of rotatable bonds is 2. The predicted molar refractivity (Wildman–Crippen MR) is 111 cm³/mol. The van der Waals surface area contributed by atoms with Crippen molar-refractivity contribution < 1.29 is 4.74 Å². The van der Waals surface area contributed by atoms with Crippen LogP contribution in [0.2, 0.25) is 0 Å². The third-order valence-electron chi connectivity index (χ3n) is 6.33. The van der Waals surface area contributed by atoms with E-state index in [0.717, 1.165) is 60.1 Å². The van der Waals surface area contributed by atoms with Crippen LogP contribution in [0, 0.1) is 0 Å². The van der Waals surface area contributed by atoms with E-state index >= 15 is 0 Å². The minimum Gasteiger partial charge on any atom is -0.368 e. The van der Waals surface area contributed by atoms with Crippen LogP contribution < -0.4 is 11.3 Å². The van der Waals surface area contributed by atoms with Crippen LogP contribution in [0.4, 0.5) is 5.95 Å². The molecule has 0 amide bonds. The van der Waals surface area contributed by atoms with Crippen LogP contribution in [0.5, 0.6) is 0 Å². The summed E-state index contributed by atoms with van der Waals surface area (Å²) in [7, 11) is 1.84. The van der Waals surface area contributed by atoms with Crippen molar-refractivity contribution in [1.82, 2.24) is 19.4 Å². The topological polar surface area (TPSA) is 86.3 Å². The summed E-state index contributed by atoms with van der Waals surface area (Å²) >= 11 is 0. The molecule has 0 bridgehead atoms. The van der Waals surface area contributed by atoms with Gasteiger partial charge < -0.3 is 15.0 Å². The number of benzene rings is 1. The number of para-hydroxylation sites is 1.